The second-order valence-electron chi connectivity index (χ2n) is 3.80. The molecule has 132 valence electrons. The van der Waals surface area contributed by atoms with Gasteiger partial charge in [0.15, 0.2) is 0 Å². The van der Waals surface area contributed by atoms with Crippen molar-refractivity contribution in [2.24, 2.45) is 0 Å². The molecule has 0 spiro atoms. The molecule has 23 heavy (non-hydrogen) atoms. The van der Waals surface area contributed by atoms with E-state index in [-0.39, 0.29) is 0 Å². The number of hydrogen-bond donors (Lipinski definition) is 5. The quantitative estimate of drug-likeness (QED) is 0.320. The highest BCUT2D eigenvalue weighted by molar-refractivity contribution is 5.90. The van der Waals surface area contributed by atoms with Crippen molar-refractivity contribution in [1.82, 2.24) is 0 Å². The van der Waals surface area contributed by atoms with Crippen molar-refractivity contribution in [2.75, 3.05) is 6.61 Å². The first-order valence-corrected chi connectivity index (χ1v) is 6.56. The van der Waals surface area contributed by atoms with E-state index in [1.165, 1.54) is 19.3 Å². The van der Waals surface area contributed by atoms with Crippen LogP contribution in [0.1, 0.15) is 32.6 Å². The van der Waals surface area contributed by atoms with Gasteiger partial charge in [0.2, 0.25) is 0 Å². The standard InChI is InChI=1S/C6H14O.2C4H4O4/c1-2-3-4-5-6-7;2*5-3(6)1-2-4(7)8/h7H,2-6H2,1H3;2*1-2H,(H,5,6)(H,7,8)/b;2*2-1-. The van der Waals surface area contributed by atoms with Gasteiger partial charge in [-0.05, 0) is 6.42 Å². The average Bonchev–Trinajstić information content (AvgIpc) is 2.45. The Labute approximate surface area is 133 Å². The summed E-state index contributed by atoms with van der Waals surface area (Å²) in [6.45, 7) is 2.53. The van der Waals surface area contributed by atoms with Crippen LogP contribution in [0.25, 0.3) is 0 Å². The van der Waals surface area contributed by atoms with Crippen LogP contribution in [0, 0.1) is 0 Å². The lowest BCUT2D eigenvalue weighted by atomic mass is 10.2. The second-order valence-corrected chi connectivity index (χ2v) is 3.80. The Morgan fingerprint density at radius 2 is 0.957 bits per heavy atom. The minimum Gasteiger partial charge on any atom is -0.478 e. The summed E-state index contributed by atoms with van der Waals surface area (Å²) in [6, 6.07) is 0. The molecule has 0 heterocycles. The fraction of sp³-hybridized carbons (Fsp3) is 0.429. The highest BCUT2D eigenvalue weighted by Crippen LogP contribution is 1.96. The summed E-state index contributed by atoms with van der Waals surface area (Å²) in [4.78, 5) is 38.2. The maximum absolute atomic E-state index is 9.55. The van der Waals surface area contributed by atoms with Crippen molar-refractivity contribution < 1.29 is 44.7 Å². The fourth-order valence-electron chi connectivity index (χ4n) is 0.824. The number of aliphatic hydroxyl groups is 1. The lowest BCUT2D eigenvalue weighted by Gasteiger charge is -1.90. The van der Waals surface area contributed by atoms with Crippen molar-refractivity contribution in [3.63, 3.8) is 0 Å². The monoisotopic (exact) mass is 334 g/mol. The van der Waals surface area contributed by atoms with E-state index in [1.54, 1.807) is 0 Å². The molecule has 0 aromatic rings. The number of hydrogen-bond acceptors (Lipinski definition) is 5. The molecule has 0 aliphatic carbocycles. The summed E-state index contributed by atoms with van der Waals surface area (Å²) in [7, 11) is 0. The Hall–Kier alpha value is -2.68. The summed E-state index contributed by atoms with van der Waals surface area (Å²) in [5.41, 5.74) is 0. The number of carbonyl (C=O) groups is 4. The van der Waals surface area contributed by atoms with Crippen LogP contribution in [0.4, 0.5) is 0 Å². The van der Waals surface area contributed by atoms with Crippen LogP contribution in [-0.2, 0) is 19.2 Å². The first kappa shape index (κ1) is 25.3. The smallest absolute Gasteiger partial charge is 0.328 e. The highest BCUT2D eigenvalue weighted by atomic mass is 16.4. The molecule has 0 aliphatic rings. The van der Waals surface area contributed by atoms with E-state index in [2.05, 4.69) is 6.92 Å². The molecule has 0 aromatic heterocycles. The van der Waals surface area contributed by atoms with Crippen molar-refractivity contribution in [1.29, 1.82) is 0 Å². The van der Waals surface area contributed by atoms with Crippen LogP contribution in [0.5, 0.6) is 0 Å². The molecule has 0 saturated heterocycles. The van der Waals surface area contributed by atoms with E-state index < -0.39 is 23.9 Å². The van der Waals surface area contributed by atoms with Crippen molar-refractivity contribution in [3.8, 4) is 0 Å². The van der Waals surface area contributed by atoms with E-state index in [0.29, 0.717) is 30.9 Å². The summed E-state index contributed by atoms with van der Waals surface area (Å²) in [5, 5.41) is 39.5. The maximum atomic E-state index is 9.55. The number of aliphatic carboxylic acids is 4. The topological polar surface area (TPSA) is 169 Å². The van der Waals surface area contributed by atoms with Gasteiger partial charge in [-0.15, -0.1) is 0 Å². The number of carboxylic acid groups (broad SMARTS) is 4. The number of aliphatic hydroxyl groups excluding tert-OH is 1. The molecule has 5 N–H and O–H groups in total. The molecule has 0 fully saturated rings. The van der Waals surface area contributed by atoms with Crippen LogP contribution in [0.2, 0.25) is 0 Å². The number of rotatable bonds is 8. The zero-order valence-corrected chi connectivity index (χ0v) is 12.7. The van der Waals surface area contributed by atoms with Crippen LogP contribution in [0.15, 0.2) is 24.3 Å². The predicted octanol–water partition coefficient (Wildman–Crippen LogP) is 0.983. The third kappa shape index (κ3) is 45.2. The Morgan fingerprint density at radius 1 is 0.652 bits per heavy atom. The number of carboxylic acids is 4. The third-order valence-electron chi connectivity index (χ3n) is 1.75. The second kappa shape index (κ2) is 19.3. The fourth-order valence-corrected chi connectivity index (χ4v) is 0.824. The molecule has 0 rings (SSSR count). The molecule has 0 bridgehead atoms. The molecule has 9 heteroatoms. The SMILES string of the molecule is CCCCCCO.O=C(O)/C=C\C(=O)O.O=C(O)/C=C\C(=O)O. The maximum Gasteiger partial charge on any atom is 0.328 e. The first-order chi connectivity index (χ1) is 10.7. The van der Waals surface area contributed by atoms with E-state index in [9.17, 15) is 19.2 Å². The van der Waals surface area contributed by atoms with Gasteiger partial charge in [0, 0.05) is 30.9 Å². The molecule has 0 aliphatic heterocycles. The summed E-state index contributed by atoms with van der Waals surface area (Å²) < 4.78 is 0. The van der Waals surface area contributed by atoms with Gasteiger partial charge < -0.3 is 25.5 Å². The zero-order chi connectivity index (χ0) is 18.7. The Kier molecular flexibility index (Phi) is 21.2. The van der Waals surface area contributed by atoms with E-state index in [4.69, 9.17) is 25.5 Å². The van der Waals surface area contributed by atoms with Gasteiger partial charge in [-0.2, -0.15) is 0 Å². The molecule has 0 unspecified atom stereocenters. The van der Waals surface area contributed by atoms with Crippen molar-refractivity contribution in [3.05, 3.63) is 24.3 Å². The van der Waals surface area contributed by atoms with Gasteiger partial charge in [-0.1, -0.05) is 26.2 Å². The number of unbranched alkanes of at least 4 members (excludes halogenated alkanes) is 3. The van der Waals surface area contributed by atoms with Gasteiger partial charge in [0.25, 0.3) is 0 Å². The summed E-state index contributed by atoms with van der Waals surface area (Å²) >= 11 is 0. The van der Waals surface area contributed by atoms with Gasteiger partial charge in [0.05, 0.1) is 0 Å². The van der Waals surface area contributed by atoms with Gasteiger partial charge in [-0.25, -0.2) is 19.2 Å². The van der Waals surface area contributed by atoms with Crippen LogP contribution in [-0.4, -0.2) is 56.0 Å². The lowest BCUT2D eigenvalue weighted by molar-refractivity contribution is -0.134. The normalized spacial score (nSPS) is 9.48. The molecule has 9 nitrogen and oxygen atoms in total. The summed E-state index contributed by atoms with van der Waals surface area (Å²) in [5.74, 6) is -5.03. The average molecular weight is 334 g/mol. The highest BCUT2D eigenvalue weighted by Gasteiger charge is 1.88. The molecule has 0 radical (unpaired) electrons. The Balaban J connectivity index is -0.000000262. The molecule has 0 aromatic carbocycles. The third-order valence-corrected chi connectivity index (χ3v) is 1.75. The van der Waals surface area contributed by atoms with Crippen molar-refractivity contribution in [2.45, 2.75) is 32.6 Å². The van der Waals surface area contributed by atoms with Crippen molar-refractivity contribution >= 4 is 23.9 Å². The first-order valence-electron chi connectivity index (χ1n) is 6.56. The molecular weight excluding hydrogens is 312 g/mol. The van der Waals surface area contributed by atoms with Gasteiger partial charge >= 0.3 is 23.9 Å². The van der Waals surface area contributed by atoms with Crippen LogP contribution >= 0.6 is 0 Å². The largest absolute Gasteiger partial charge is 0.478 e. The van der Waals surface area contributed by atoms with E-state index in [0.717, 1.165) is 6.42 Å². The van der Waals surface area contributed by atoms with Crippen LogP contribution < -0.4 is 0 Å². The predicted molar refractivity (Wildman–Crippen MR) is 80.1 cm³/mol. The van der Waals surface area contributed by atoms with E-state index >= 15 is 0 Å². The molecular formula is C14H22O9. The molecule has 0 amide bonds. The Morgan fingerprint density at radius 3 is 1.13 bits per heavy atom. The van der Waals surface area contributed by atoms with Gasteiger partial charge in [0.1, 0.15) is 0 Å². The van der Waals surface area contributed by atoms with Gasteiger partial charge in [-0.3, -0.25) is 0 Å². The van der Waals surface area contributed by atoms with Crippen LogP contribution in [0.3, 0.4) is 0 Å². The lowest BCUT2D eigenvalue weighted by Crippen LogP contribution is -1.91. The minimum absolute atomic E-state index is 0.361. The summed E-state index contributed by atoms with van der Waals surface area (Å²) in [6.07, 6.45) is 6.91. The zero-order valence-electron chi connectivity index (χ0n) is 12.7. The minimum atomic E-state index is -1.26. The molecule has 0 saturated carbocycles. The van der Waals surface area contributed by atoms with E-state index in [1.807, 2.05) is 0 Å². The molecule has 0 atom stereocenters. The Bertz CT molecular complexity index is 340.